The molecular formula is C9H6N4O2. The van der Waals surface area contributed by atoms with E-state index in [4.69, 9.17) is 5.11 Å². The van der Waals surface area contributed by atoms with Crippen LogP contribution in [0.2, 0.25) is 0 Å². The molecule has 0 amide bonds. The highest BCUT2D eigenvalue weighted by Gasteiger charge is 2.15. The predicted molar refractivity (Wildman–Crippen MR) is 51.8 cm³/mol. The lowest BCUT2D eigenvalue weighted by Gasteiger charge is -1.91. The maximum Gasteiger partial charge on any atom is 0.374 e. The molecule has 2 N–H and O–H groups in total. The molecule has 0 aliphatic heterocycles. The summed E-state index contributed by atoms with van der Waals surface area (Å²) in [6.07, 6.45) is 0. The molecule has 0 saturated heterocycles. The largest absolute Gasteiger partial charge is 0.475 e. The lowest BCUT2D eigenvalue weighted by Crippen LogP contribution is -2.02. The van der Waals surface area contributed by atoms with Gasteiger partial charge >= 0.3 is 5.97 Å². The maximum absolute atomic E-state index is 10.9. The third kappa shape index (κ3) is 0.954. The lowest BCUT2D eigenvalue weighted by atomic mass is 10.3. The van der Waals surface area contributed by atoms with Crippen molar-refractivity contribution in [1.82, 2.24) is 19.6 Å². The monoisotopic (exact) mass is 202 g/mol. The Balaban J connectivity index is 2.54. The van der Waals surface area contributed by atoms with E-state index in [-0.39, 0.29) is 5.82 Å². The minimum atomic E-state index is -1.08. The Bertz CT molecular complexity index is 667. The van der Waals surface area contributed by atoms with Crippen molar-refractivity contribution in [2.45, 2.75) is 0 Å². The highest BCUT2D eigenvalue weighted by atomic mass is 16.4. The number of hydrogen-bond donors (Lipinski definition) is 2. The normalized spacial score (nSPS) is 11.2. The van der Waals surface area contributed by atoms with Gasteiger partial charge in [0.05, 0.1) is 11.0 Å². The van der Waals surface area contributed by atoms with Crippen molar-refractivity contribution in [3.8, 4) is 0 Å². The number of hydrogen-bond acceptors (Lipinski definition) is 3. The second kappa shape index (κ2) is 2.57. The fourth-order valence-corrected chi connectivity index (χ4v) is 1.61. The first-order valence-corrected chi connectivity index (χ1v) is 4.32. The summed E-state index contributed by atoms with van der Waals surface area (Å²) >= 11 is 0. The number of nitrogens with zero attached hydrogens (tertiary/aromatic N) is 3. The van der Waals surface area contributed by atoms with Crippen LogP contribution < -0.4 is 0 Å². The minimum absolute atomic E-state index is 0.0568. The van der Waals surface area contributed by atoms with Crippen LogP contribution in [0.25, 0.3) is 16.8 Å². The molecule has 0 bridgehead atoms. The standard InChI is InChI=1S/C9H6N4O2/c14-8(15)7-11-12-9-10-5-3-1-2-4-6(5)13(7)9/h1-4H,(H,10,12)(H,14,15). The van der Waals surface area contributed by atoms with E-state index < -0.39 is 5.97 Å². The Morgan fingerprint density at radius 1 is 1.40 bits per heavy atom. The van der Waals surface area contributed by atoms with E-state index in [1.165, 1.54) is 4.40 Å². The lowest BCUT2D eigenvalue weighted by molar-refractivity contribution is 0.0682. The van der Waals surface area contributed by atoms with Gasteiger partial charge in [0, 0.05) is 0 Å². The van der Waals surface area contributed by atoms with Crippen molar-refractivity contribution < 1.29 is 9.90 Å². The fraction of sp³-hybridized carbons (Fsp3) is 0. The quantitative estimate of drug-likeness (QED) is 0.614. The van der Waals surface area contributed by atoms with E-state index in [0.717, 1.165) is 11.0 Å². The number of para-hydroxylation sites is 2. The number of carboxylic acids is 1. The van der Waals surface area contributed by atoms with Crippen LogP contribution >= 0.6 is 0 Å². The molecule has 1 aromatic carbocycles. The molecule has 6 heteroatoms. The van der Waals surface area contributed by atoms with Gasteiger partial charge in [-0.15, -0.1) is 5.10 Å². The zero-order chi connectivity index (χ0) is 10.4. The molecule has 0 aliphatic rings. The van der Waals surface area contributed by atoms with E-state index in [1.54, 1.807) is 6.07 Å². The van der Waals surface area contributed by atoms with E-state index in [1.807, 2.05) is 18.2 Å². The number of nitrogens with one attached hydrogen (secondary N) is 1. The molecule has 74 valence electrons. The summed E-state index contributed by atoms with van der Waals surface area (Å²) in [6, 6.07) is 7.30. The van der Waals surface area contributed by atoms with Crippen LogP contribution in [0.5, 0.6) is 0 Å². The van der Waals surface area contributed by atoms with E-state index in [0.29, 0.717) is 5.78 Å². The molecule has 0 unspecified atom stereocenters. The van der Waals surface area contributed by atoms with Gasteiger partial charge in [-0.25, -0.2) is 14.9 Å². The van der Waals surface area contributed by atoms with Gasteiger partial charge in [-0.2, -0.15) is 0 Å². The summed E-state index contributed by atoms with van der Waals surface area (Å²) < 4.78 is 1.48. The Morgan fingerprint density at radius 2 is 2.20 bits per heavy atom. The molecule has 0 atom stereocenters. The topological polar surface area (TPSA) is 83.3 Å². The number of fused-ring (bicyclic) bond motifs is 3. The Hall–Kier alpha value is -2.37. The van der Waals surface area contributed by atoms with Gasteiger partial charge in [-0.05, 0) is 12.1 Å². The van der Waals surface area contributed by atoms with Gasteiger partial charge in [0.1, 0.15) is 0 Å². The Morgan fingerprint density at radius 3 is 3.00 bits per heavy atom. The number of benzene rings is 1. The van der Waals surface area contributed by atoms with Crippen molar-refractivity contribution in [3.05, 3.63) is 30.1 Å². The van der Waals surface area contributed by atoms with E-state index in [2.05, 4.69) is 15.2 Å². The fourth-order valence-electron chi connectivity index (χ4n) is 1.61. The second-order valence-electron chi connectivity index (χ2n) is 3.11. The smallest absolute Gasteiger partial charge is 0.374 e. The molecule has 2 aromatic heterocycles. The summed E-state index contributed by atoms with van der Waals surface area (Å²) in [5, 5.41) is 15.2. The van der Waals surface area contributed by atoms with Crippen LogP contribution in [0.3, 0.4) is 0 Å². The number of aromatic nitrogens is 4. The molecule has 0 radical (unpaired) electrons. The summed E-state index contributed by atoms with van der Waals surface area (Å²) in [5.41, 5.74) is 1.48. The SMILES string of the molecule is O=C(O)c1n[nH]c2nc3ccccc3n12. The maximum atomic E-state index is 10.9. The van der Waals surface area contributed by atoms with Crippen molar-refractivity contribution in [2.24, 2.45) is 0 Å². The first-order valence-electron chi connectivity index (χ1n) is 4.32. The van der Waals surface area contributed by atoms with Gasteiger partial charge in [-0.3, -0.25) is 4.40 Å². The van der Waals surface area contributed by atoms with Crippen LogP contribution in [0.15, 0.2) is 24.3 Å². The summed E-state index contributed by atoms with van der Waals surface area (Å²) in [5.74, 6) is -0.697. The minimum Gasteiger partial charge on any atom is -0.475 e. The van der Waals surface area contributed by atoms with Crippen LogP contribution in [-0.4, -0.2) is 30.7 Å². The molecule has 0 saturated carbocycles. The van der Waals surface area contributed by atoms with Gasteiger partial charge in [0.2, 0.25) is 11.6 Å². The van der Waals surface area contributed by atoms with E-state index in [9.17, 15) is 4.79 Å². The number of rotatable bonds is 1. The molecule has 15 heavy (non-hydrogen) atoms. The average molecular weight is 202 g/mol. The number of aromatic carboxylic acids is 1. The molecule has 0 aliphatic carbocycles. The predicted octanol–water partition coefficient (Wildman–Crippen LogP) is 0.909. The molecule has 0 fully saturated rings. The highest BCUT2D eigenvalue weighted by Crippen LogP contribution is 2.16. The number of H-pyrrole nitrogens is 1. The van der Waals surface area contributed by atoms with Crippen molar-refractivity contribution in [2.75, 3.05) is 0 Å². The van der Waals surface area contributed by atoms with E-state index >= 15 is 0 Å². The summed E-state index contributed by atoms with van der Waals surface area (Å²) in [6.45, 7) is 0. The molecule has 6 nitrogen and oxygen atoms in total. The first-order chi connectivity index (χ1) is 7.27. The van der Waals surface area contributed by atoms with Gasteiger partial charge in [-0.1, -0.05) is 12.1 Å². The van der Waals surface area contributed by atoms with Crippen LogP contribution in [0, 0.1) is 0 Å². The molecule has 2 heterocycles. The first kappa shape index (κ1) is 7.98. The van der Waals surface area contributed by atoms with Gasteiger partial charge in [0.25, 0.3) is 0 Å². The molecule has 3 aromatic rings. The summed E-state index contributed by atoms with van der Waals surface area (Å²) in [4.78, 5) is 15.1. The van der Waals surface area contributed by atoms with Crippen molar-refractivity contribution in [1.29, 1.82) is 0 Å². The highest BCUT2D eigenvalue weighted by molar-refractivity contribution is 5.88. The number of carbonyl (C=O) groups is 1. The average Bonchev–Trinajstić information content (AvgIpc) is 2.74. The second-order valence-corrected chi connectivity index (χ2v) is 3.11. The van der Waals surface area contributed by atoms with Gasteiger partial charge in [0.15, 0.2) is 0 Å². The number of imidazole rings is 1. The summed E-state index contributed by atoms with van der Waals surface area (Å²) in [7, 11) is 0. The zero-order valence-electron chi connectivity index (χ0n) is 7.51. The third-order valence-electron chi connectivity index (χ3n) is 2.23. The molecule has 0 spiro atoms. The van der Waals surface area contributed by atoms with Crippen LogP contribution in [-0.2, 0) is 0 Å². The number of carboxylic acid groups (broad SMARTS) is 1. The Labute approximate surface area is 83.2 Å². The zero-order valence-corrected chi connectivity index (χ0v) is 7.51. The molecular weight excluding hydrogens is 196 g/mol. The van der Waals surface area contributed by atoms with Crippen LogP contribution in [0.4, 0.5) is 0 Å². The van der Waals surface area contributed by atoms with Crippen molar-refractivity contribution in [3.63, 3.8) is 0 Å². The Kier molecular flexibility index (Phi) is 1.37. The van der Waals surface area contributed by atoms with Gasteiger partial charge < -0.3 is 5.11 Å². The third-order valence-corrected chi connectivity index (χ3v) is 2.23. The van der Waals surface area contributed by atoms with Crippen LogP contribution in [0.1, 0.15) is 10.6 Å². The number of aromatic amines is 1. The van der Waals surface area contributed by atoms with Crippen molar-refractivity contribution >= 4 is 22.8 Å². The molecule has 3 rings (SSSR count).